The summed E-state index contributed by atoms with van der Waals surface area (Å²) in [5.41, 5.74) is 5.14. The lowest BCUT2D eigenvalue weighted by Gasteiger charge is -2.43. The molecule has 1 amide bonds. The van der Waals surface area contributed by atoms with Crippen LogP contribution in [0.4, 0.5) is 13.2 Å². The van der Waals surface area contributed by atoms with Gasteiger partial charge in [0.25, 0.3) is 11.0 Å². The predicted molar refractivity (Wildman–Crippen MR) is 126 cm³/mol. The number of thioether (sulfide) groups is 1. The number of hydrogen-bond acceptors (Lipinski definition) is 4. The number of carbonyl (C=O) groups excluding carboxylic acids is 2. The van der Waals surface area contributed by atoms with Gasteiger partial charge in [0.1, 0.15) is 5.75 Å². The van der Waals surface area contributed by atoms with Crippen molar-refractivity contribution in [2.75, 3.05) is 0 Å². The molecule has 0 spiro atoms. The number of nitrogens with one attached hydrogen (secondary N) is 1. The molecule has 0 aromatic heterocycles. The summed E-state index contributed by atoms with van der Waals surface area (Å²) in [7, 11) is 0. The maximum Gasteiger partial charge on any atom is 0.573 e. The number of carbonyl (C=O) groups is 2. The molecule has 34 heavy (non-hydrogen) atoms. The first-order valence-electron chi connectivity index (χ1n) is 11.2. The Morgan fingerprint density at radius 3 is 2.06 bits per heavy atom. The van der Waals surface area contributed by atoms with Gasteiger partial charge < -0.3 is 10.1 Å². The second kappa shape index (κ2) is 8.33. The zero-order valence-electron chi connectivity index (χ0n) is 19.8. The van der Waals surface area contributed by atoms with Crippen LogP contribution in [0.5, 0.6) is 5.75 Å². The number of ether oxygens (including phenoxy) is 1. The van der Waals surface area contributed by atoms with Crippen LogP contribution >= 0.6 is 11.8 Å². The van der Waals surface area contributed by atoms with E-state index in [1.165, 1.54) is 23.3 Å². The molecule has 4 nitrogen and oxygen atoms in total. The Hall–Kier alpha value is -2.48. The van der Waals surface area contributed by atoms with Crippen LogP contribution in [-0.2, 0) is 20.4 Å². The van der Waals surface area contributed by atoms with Gasteiger partial charge in [-0.1, -0.05) is 63.7 Å². The van der Waals surface area contributed by atoms with Crippen molar-refractivity contribution in [3.8, 4) is 5.75 Å². The number of fused-ring (bicyclic) bond motifs is 1. The van der Waals surface area contributed by atoms with Gasteiger partial charge in [0, 0.05) is 5.92 Å². The highest BCUT2D eigenvalue weighted by Crippen LogP contribution is 2.48. The molecular weight excluding hydrogens is 463 g/mol. The largest absolute Gasteiger partial charge is 0.573 e. The Morgan fingerprint density at radius 2 is 1.56 bits per heavy atom. The van der Waals surface area contributed by atoms with E-state index < -0.39 is 28.7 Å². The third-order valence-electron chi connectivity index (χ3n) is 7.04. The van der Waals surface area contributed by atoms with Crippen molar-refractivity contribution < 1.29 is 27.5 Å². The Morgan fingerprint density at radius 1 is 1.00 bits per heavy atom. The smallest absolute Gasteiger partial charge is 0.406 e. The van der Waals surface area contributed by atoms with Crippen molar-refractivity contribution in [3.63, 3.8) is 0 Å². The SMILES string of the molecule is Cc1cc2c(cc1C(c1ccc(OC(F)(F)F)cc1)C1NC(=O)C(=O)S1)C(C)(C)CCC2(C)C. The molecule has 2 aromatic carbocycles. The summed E-state index contributed by atoms with van der Waals surface area (Å²) in [6.07, 6.45) is -2.69. The van der Waals surface area contributed by atoms with Crippen LogP contribution in [0.25, 0.3) is 0 Å². The van der Waals surface area contributed by atoms with Gasteiger partial charge in [-0.15, -0.1) is 13.2 Å². The monoisotopic (exact) mass is 491 g/mol. The van der Waals surface area contributed by atoms with Crippen molar-refractivity contribution >= 4 is 22.8 Å². The number of aryl methyl sites for hydroxylation is 1. The molecule has 1 N–H and O–H groups in total. The second-order valence-corrected chi connectivity index (χ2v) is 11.5. The summed E-state index contributed by atoms with van der Waals surface area (Å²) < 4.78 is 41.9. The summed E-state index contributed by atoms with van der Waals surface area (Å²) in [5.74, 6) is -1.40. The fourth-order valence-electron chi connectivity index (χ4n) is 5.01. The van der Waals surface area contributed by atoms with E-state index in [9.17, 15) is 22.8 Å². The lowest BCUT2D eigenvalue weighted by atomic mass is 9.62. The standard InChI is InChI=1S/C26H28F3NO3S/c1-14-12-18-19(25(4,5)11-10-24(18,2)3)13-17(14)20(22-30-21(31)23(32)34-22)15-6-8-16(9-7-15)33-26(27,28)29/h6-9,12-13,20,22H,10-11H2,1-5H3,(H,30,31). The molecule has 4 rings (SSSR count). The zero-order chi connectivity index (χ0) is 25.1. The molecule has 0 saturated carbocycles. The van der Waals surface area contributed by atoms with Crippen LogP contribution in [0.15, 0.2) is 36.4 Å². The average Bonchev–Trinajstić information content (AvgIpc) is 3.05. The first kappa shape index (κ1) is 24.6. The summed E-state index contributed by atoms with van der Waals surface area (Å²) in [5, 5.41) is 1.63. The van der Waals surface area contributed by atoms with Crippen molar-refractivity contribution in [1.29, 1.82) is 0 Å². The van der Waals surface area contributed by atoms with Gasteiger partial charge in [0.05, 0.1) is 5.37 Å². The van der Waals surface area contributed by atoms with Crippen LogP contribution in [-0.4, -0.2) is 22.8 Å². The fourth-order valence-corrected chi connectivity index (χ4v) is 6.01. The highest BCUT2D eigenvalue weighted by atomic mass is 32.2. The van der Waals surface area contributed by atoms with E-state index in [2.05, 4.69) is 49.9 Å². The van der Waals surface area contributed by atoms with E-state index in [1.807, 2.05) is 6.92 Å². The van der Waals surface area contributed by atoms with E-state index in [4.69, 9.17) is 0 Å². The second-order valence-electron chi connectivity index (χ2n) is 10.4. The van der Waals surface area contributed by atoms with Crippen LogP contribution in [0.2, 0.25) is 0 Å². The number of rotatable bonds is 4. The van der Waals surface area contributed by atoms with Crippen LogP contribution < -0.4 is 10.1 Å². The topological polar surface area (TPSA) is 55.4 Å². The van der Waals surface area contributed by atoms with E-state index in [-0.39, 0.29) is 16.6 Å². The van der Waals surface area contributed by atoms with Crippen LogP contribution in [0.1, 0.15) is 74.3 Å². The third kappa shape index (κ3) is 4.69. The normalized spacial score (nSPS) is 22.2. The molecule has 1 heterocycles. The molecule has 182 valence electrons. The van der Waals surface area contributed by atoms with Crippen molar-refractivity contribution in [1.82, 2.24) is 5.32 Å². The zero-order valence-corrected chi connectivity index (χ0v) is 20.6. The maximum atomic E-state index is 12.6. The highest BCUT2D eigenvalue weighted by molar-refractivity contribution is 8.16. The lowest BCUT2D eigenvalue weighted by molar-refractivity contribution is -0.274. The molecule has 2 atom stereocenters. The van der Waals surface area contributed by atoms with Gasteiger partial charge in [-0.3, -0.25) is 9.59 Å². The number of hydrogen-bond donors (Lipinski definition) is 1. The first-order chi connectivity index (χ1) is 15.7. The van der Waals surface area contributed by atoms with Crippen molar-refractivity contribution in [3.05, 3.63) is 64.2 Å². The third-order valence-corrected chi connectivity index (χ3v) is 8.09. The molecule has 2 aromatic rings. The Bertz CT molecular complexity index is 1120. The molecule has 0 radical (unpaired) electrons. The van der Waals surface area contributed by atoms with Gasteiger partial charge in [-0.2, -0.15) is 0 Å². The van der Waals surface area contributed by atoms with Gasteiger partial charge in [-0.25, -0.2) is 0 Å². The van der Waals surface area contributed by atoms with Gasteiger partial charge >= 0.3 is 6.36 Å². The molecule has 1 saturated heterocycles. The minimum atomic E-state index is -4.78. The van der Waals surface area contributed by atoms with Gasteiger partial charge in [-0.05, 0) is 70.5 Å². The number of alkyl halides is 3. The summed E-state index contributed by atoms with van der Waals surface area (Å²) in [6, 6.07) is 10.0. The van der Waals surface area contributed by atoms with Crippen molar-refractivity contribution in [2.24, 2.45) is 0 Å². The number of amides is 1. The molecule has 8 heteroatoms. The van der Waals surface area contributed by atoms with Gasteiger partial charge in [0.15, 0.2) is 0 Å². The molecule has 1 aliphatic carbocycles. The lowest BCUT2D eigenvalue weighted by Crippen LogP contribution is -2.35. The van der Waals surface area contributed by atoms with E-state index in [0.29, 0.717) is 5.56 Å². The summed E-state index contributed by atoms with van der Waals surface area (Å²) in [4.78, 5) is 24.1. The number of benzene rings is 2. The van der Waals surface area contributed by atoms with E-state index in [0.717, 1.165) is 35.7 Å². The summed E-state index contributed by atoms with van der Waals surface area (Å²) >= 11 is 0.921. The Labute approximate surface area is 201 Å². The van der Waals surface area contributed by atoms with Gasteiger partial charge in [0.2, 0.25) is 0 Å². The van der Waals surface area contributed by atoms with Crippen LogP contribution in [0, 0.1) is 6.92 Å². The quantitative estimate of drug-likeness (QED) is 0.526. The maximum absolute atomic E-state index is 12.6. The van der Waals surface area contributed by atoms with E-state index >= 15 is 0 Å². The van der Waals surface area contributed by atoms with Crippen molar-refractivity contribution in [2.45, 2.75) is 75.9 Å². The molecule has 1 fully saturated rings. The van der Waals surface area contributed by atoms with E-state index in [1.54, 1.807) is 12.1 Å². The minimum Gasteiger partial charge on any atom is -0.406 e. The fraction of sp³-hybridized carbons (Fsp3) is 0.462. The highest BCUT2D eigenvalue weighted by Gasteiger charge is 2.41. The Balaban J connectivity index is 1.84. The first-order valence-corrected chi connectivity index (χ1v) is 12.1. The Kier molecular flexibility index (Phi) is 6.03. The molecule has 1 aliphatic heterocycles. The predicted octanol–water partition coefficient (Wildman–Crippen LogP) is 6.09. The molecule has 0 bridgehead atoms. The molecule has 2 unspecified atom stereocenters. The average molecular weight is 492 g/mol. The molecule has 2 aliphatic rings. The number of halogens is 3. The molecular formula is C26H28F3NO3S. The van der Waals surface area contributed by atoms with Crippen LogP contribution in [0.3, 0.4) is 0 Å². The minimum absolute atomic E-state index is 0.0203. The summed E-state index contributed by atoms with van der Waals surface area (Å²) in [6.45, 7) is 10.9.